The molecule has 0 amide bonds. The number of rotatable bonds is 4. The van der Waals surface area contributed by atoms with E-state index in [0.29, 0.717) is 11.9 Å². The third kappa shape index (κ3) is 3.69. The molecule has 0 saturated carbocycles. The summed E-state index contributed by atoms with van der Waals surface area (Å²) in [4.78, 5) is 8.79. The minimum absolute atomic E-state index is 0.266. The van der Waals surface area contributed by atoms with E-state index < -0.39 is 0 Å². The van der Waals surface area contributed by atoms with Gasteiger partial charge in [-0.05, 0) is 67.9 Å². The van der Waals surface area contributed by atoms with Crippen molar-refractivity contribution in [1.29, 1.82) is 0 Å². The maximum absolute atomic E-state index is 13.1. The lowest BCUT2D eigenvalue weighted by Crippen LogP contribution is -2.29. The molecule has 0 spiro atoms. The fraction of sp³-hybridized carbons (Fsp3) is 0.227. The molecular weight excluding hydrogens is 367 g/mol. The van der Waals surface area contributed by atoms with Crippen molar-refractivity contribution in [2.24, 2.45) is 0 Å². The summed E-state index contributed by atoms with van der Waals surface area (Å²) < 4.78 is 15.2. The summed E-state index contributed by atoms with van der Waals surface area (Å²) in [7, 11) is 0. The van der Waals surface area contributed by atoms with Gasteiger partial charge in [-0.25, -0.2) is 14.4 Å². The van der Waals surface area contributed by atoms with Gasteiger partial charge in [-0.15, -0.1) is 0 Å². The molecule has 4 aromatic rings. The number of aromatic nitrogens is 4. The van der Waals surface area contributed by atoms with Crippen molar-refractivity contribution in [2.75, 3.05) is 18.4 Å². The molecule has 2 N–H and O–H groups in total. The number of benzene rings is 2. The van der Waals surface area contributed by atoms with Crippen molar-refractivity contribution >= 4 is 22.4 Å². The van der Waals surface area contributed by atoms with Crippen LogP contribution in [-0.4, -0.2) is 32.8 Å². The Bertz CT molecular complexity index is 1130. The van der Waals surface area contributed by atoms with Gasteiger partial charge in [0.25, 0.3) is 0 Å². The highest BCUT2D eigenvalue weighted by Gasteiger charge is 2.16. The normalized spacial score (nSPS) is 14.9. The van der Waals surface area contributed by atoms with Crippen LogP contribution in [-0.2, 0) is 0 Å². The molecule has 1 saturated heterocycles. The highest BCUT2D eigenvalue weighted by atomic mass is 19.1. The molecular formula is C22H21FN6. The minimum atomic E-state index is -0.266. The lowest BCUT2D eigenvalue weighted by atomic mass is 10.1. The Morgan fingerprint density at radius 1 is 1.00 bits per heavy atom. The molecule has 0 aliphatic carbocycles. The second-order valence-corrected chi connectivity index (χ2v) is 7.28. The predicted molar refractivity (Wildman–Crippen MR) is 112 cm³/mol. The highest BCUT2D eigenvalue weighted by molar-refractivity contribution is 5.93. The van der Waals surface area contributed by atoms with Gasteiger partial charge in [-0.1, -0.05) is 6.07 Å². The first kappa shape index (κ1) is 17.8. The highest BCUT2D eigenvalue weighted by Crippen LogP contribution is 2.29. The summed E-state index contributed by atoms with van der Waals surface area (Å²) >= 11 is 0. The van der Waals surface area contributed by atoms with E-state index in [-0.39, 0.29) is 5.82 Å². The quantitative estimate of drug-likeness (QED) is 0.546. The van der Waals surface area contributed by atoms with Crippen molar-refractivity contribution < 1.29 is 4.39 Å². The van der Waals surface area contributed by atoms with E-state index in [0.717, 1.165) is 53.6 Å². The Morgan fingerprint density at radius 2 is 1.83 bits per heavy atom. The summed E-state index contributed by atoms with van der Waals surface area (Å²) in [5.41, 5.74) is 3.77. The summed E-state index contributed by atoms with van der Waals surface area (Å²) in [6.07, 6.45) is 7.78. The molecule has 1 aliphatic heterocycles. The predicted octanol–water partition coefficient (Wildman–Crippen LogP) is 4.30. The molecule has 0 bridgehead atoms. The zero-order valence-corrected chi connectivity index (χ0v) is 15.8. The zero-order chi connectivity index (χ0) is 19.6. The second kappa shape index (κ2) is 7.60. The van der Waals surface area contributed by atoms with Gasteiger partial charge in [0.05, 0.1) is 17.8 Å². The fourth-order valence-electron chi connectivity index (χ4n) is 3.76. The smallest absolute Gasteiger partial charge is 0.141 e. The standard InChI is InChI=1S/C22H21FN6/c23-17-2-4-18(5-3-17)28-22-20-6-1-15(11-21(20)25-14-26-22)16-12-27-29(13-16)19-7-9-24-10-8-19/h1-6,11-14,19,24H,7-10H2,(H,25,26,28). The van der Waals surface area contributed by atoms with Gasteiger partial charge < -0.3 is 10.6 Å². The molecule has 0 radical (unpaired) electrons. The molecule has 1 fully saturated rings. The molecule has 2 aromatic heterocycles. The van der Waals surface area contributed by atoms with Crippen LogP contribution in [0.2, 0.25) is 0 Å². The van der Waals surface area contributed by atoms with E-state index in [1.54, 1.807) is 12.1 Å². The van der Waals surface area contributed by atoms with Gasteiger partial charge in [-0.3, -0.25) is 4.68 Å². The van der Waals surface area contributed by atoms with E-state index in [2.05, 4.69) is 48.7 Å². The Labute approximate surface area is 167 Å². The van der Waals surface area contributed by atoms with Crippen LogP contribution in [0.4, 0.5) is 15.9 Å². The van der Waals surface area contributed by atoms with Gasteiger partial charge in [-0.2, -0.15) is 5.10 Å². The number of nitrogens with zero attached hydrogens (tertiary/aromatic N) is 4. The number of nitrogens with one attached hydrogen (secondary N) is 2. The first-order valence-electron chi connectivity index (χ1n) is 9.79. The Hall–Kier alpha value is -3.32. The van der Waals surface area contributed by atoms with Crippen LogP contribution in [0.5, 0.6) is 0 Å². The zero-order valence-electron chi connectivity index (χ0n) is 15.8. The van der Waals surface area contributed by atoms with Crippen LogP contribution in [0.3, 0.4) is 0 Å². The van der Waals surface area contributed by atoms with Gasteiger partial charge >= 0.3 is 0 Å². The average molecular weight is 388 g/mol. The van der Waals surface area contributed by atoms with Crippen molar-refractivity contribution in [3.05, 3.63) is 67.0 Å². The number of hydrogen-bond donors (Lipinski definition) is 2. The minimum Gasteiger partial charge on any atom is -0.340 e. The third-order valence-electron chi connectivity index (χ3n) is 5.36. The summed E-state index contributed by atoms with van der Waals surface area (Å²) in [5.74, 6) is 0.427. The SMILES string of the molecule is Fc1ccc(Nc2ncnc3cc(-c4cnn(C5CCNCC5)c4)ccc23)cc1. The maximum atomic E-state index is 13.1. The number of fused-ring (bicyclic) bond motifs is 1. The second-order valence-electron chi connectivity index (χ2n) is 7.28. The van der Waals surface area contributed by atoms with E-state index in [4.69, 9.17) is 0 Å². The van der Waals surface area contributed by atoms with Crippen molar-refractivity contribution in [2.45, 2.75) is 18.9 Å². The van der Waals surface area contributed by atoms with Crippen LogP contribution in [0.25, 0.3) is 22.0 Å². The number of hydrogen-bond acceptors (Lipinski definition) is 5. The number of anilines is 2. The van der Waals surface area contributed by atoms with Crippen LogP contribution in [0.15, 0.2) is 61.2 Å². The maximum Gasteiger partial charge on any atom is 0.141 e. The molecule has 3 heterocycles. The average Bonchev–Trinajstić information content (AvgIpc) is 3.26. The van der Waals surface area contributed by atoms with E-state index >= 15 is 0 Å². The lowest BCUT2D eigenvalue weighted by Gasteiger charge is -2.22. The Morgan fingerprint density at radius 3 is 2.66 bits per heavy atom. The van der Waals surface area contributed by atoms with Crippen LogP contribution >= 0.6 is 0 Å². The number of piperidine rings is 1. The van der Waals surface area contributed by atoms with Crippen molar-refractivity contribution in [1.82, 2.24) is 25.1 Å². The molecule has 6 nitrogen and oxygen atoms in total. The third-order valence-corrected chi connectivity index (χ3v) is 5.36. The van der Waals surface area contributed by atoms with Crippen LogP contribution < -0.4 is 10.6 Å². The summed E-state index contributed by atoms with van der Waals surface area (Å²) in [5, 5.41) is 12.1. The number of halogens is 1. The van der Waals surface area contributed by atoms with E-state index in [1.165, 1.54) is 18.5 Å². The van der Waals surface area contributed by atoms with Gasteiger partial charge in [0, 0.05) is 22.8 Å². The Kier molecular flexibility index (Phi) is 4.65. The van der Waals surface area contributed by atoms with Crippen molar-refractivity contribution in [3.63, 3.8) is 0 Å². The van der Waals surface area contributed by atoms with Gasteiger partial charge in [0.1, 0.15) is 18.0 Å². The monoisotopic (exact) mass is 388 g/mol. The lowest BCUT2D eigenvalue weighted by molar-refractivity contribution is 0.343. The molecule has 2 aromatic carbocycles. The first-order valence-corrected chi connectivity index (χ1v) is 9.79. The van der Waals surface area contributed by atoms with E-state index in [1.807, 2.05) is 12.3 Å². The molecule has 0 atom stereocenters. The Balaban J connectivity index is 1.43. The van der Waals surface area contributed by atoms with Crippen LogP contribution in [0, 0.1) is 5.82 Å². The van der Waals surface area contributed by atoms with Gasteiger partial charge in [0.2, 0.25) is 0 Å². The molecule has 7 heteroatoms. The largest absolute Gasteiger partial charge is 0.340 e. The summed E-state index contributed by atoms with van der Waals surface area (Å²) in [6, 6.07) is 12.8. The fourth-order valence-corrected chi connectivity index (χ4v) is 3.76. The van der Waals surface area contributed by atoms with Gasteiger partial charge in [0.15, 0.2) is 0 Å². The molecule has 1 aliphatic rings. The molecule has 0 unspecified atom stereocenters. The van der Waals surface area contributed by atoms with Crippen molar-refractivity contribution in [3.8, 4) is 11.1 Å². The molecule has 29 heavy (non-hydrogen) atoms. The molecule has 5 rings (SSSR count). The topological polar surface area (TPSA) is 67.7 Å². The van der Waals surface area contributed by atoms with E-state index in [9.17, 15) is 4.39 Å². The molecule has 146 valence electrons. The summed E-state index contributed by atoms with van der Waals surface area (Å²) in [6.45, 7) is 2.08. The first-order chi connectivity index (χ1) is 14.3. The van der Waals surface area contributed by atoms with Crippen LogP contribution in [0.1, 0.15) is 18.9 Å².